The summed E-state index contributed by atoms with van der Waals surface area (Å²) in [5, 5.41) is 8.83. The molecule has 2 N–H and O–H groups in total. The molecular formula is C12H16FNO4S. The first-order valence-corrected chi connectivity index (χ1v) is 7.14. The lowest BCUT2D eigenvalue weighted by Gasteiger charge is -2.18. The standard InChI is InChI=1S/C12H16FNO4S/c1-7-6-10(13)4-5-11(7)19(17,18)14-9(3)8(2)12(15)16/h4-6,8-9,14H,1-3H3,(H,15,16). The second kappa shape index (κ2) is 5.66. The molecule has 0 heterocycles. The van der Waals surface area contributed by atoms with Crippen LogP contribution >= 0.6 is 0 Å². The lowest BCUT2D eigenvalue weighted by molar-refractivity contribution is -0.141. The number of halogens is 1. The SMILES string of the molecule is Cc1cc(F)ccc1S(=O)(=O)NC(C)C(C)C(=O)O. The smallest absolute Gasteiger partial charge is 0.307 e. The van der Waals surface area contributed by atoms with Crippen molar-refractivity contribution in [1.82, 2.24) is 4.72 Å². The quantitative estimate of drug-likeness (QED) is 0.861. The molecule has 1 rings (SSSR count). The van der Waals surface area contributed by atoms with Gasteiger partial charge in [-0.15, -0.1) is 0 Å². The Hall–Kier alpha value is -1.47. The van der Waals surface area contributed by atoms with Crippen molar-refractivity contribution in [2.24, 2.45) is 5.92 Å². The summed E-state index contributed by atoms with van der Waals surface area (Å²) in [7, 11) is -3.87. The van der Waals surface area contributed by atoms with Crippen molar-refractivity contribution < 1.29 is 22.7 Å². The number of benzene rings is 1. The molecule has 1 aromatic carbocycles. The number of aliphatic carboxylic acids is 1. The number of carboxylic acids is 1. The highest BCUT2D eigenvalue weighted by Gasteiger charge is 2.26. The summed E-state index contributed by atoms with van der Waals surface area (Å²) in [4.78, 5) is 10.7. The van der Waals surface area contributed by atoms with E-state index in [9.17, 15) is 17.6 Å². The summed E-state index contributed by atoms with van der Waals surface area (Å²) in [5.41, 5.74) is 0.266. The Kier molecular flexibility index (Phi) is 4.65. The first-order valence-electron chi connectivity index (χ1n) is 5.66. The third kappa shape index (κ3) is 3.74. The number of carboxylic acid groups (broad SMARTS) is 1. The molecule has 1 aromatic rings. The molecule has 0 aliphatic rings. The van der Waals surface area contributed by atoms with Crippen LogP contribution in [0.1, 0.15) is 19.4 Å². The Morgan fingerprint density at radius 1 is 1.37 bits per heavy atom. The van der Waals surface area contributed by atoms with Crippen LogP contribution in [0.2, 0.25) is 0 Å². The molecule has 0 aromatic heterocycles. The fourth-order valence-corrected chi connectivity index (χ4v) is 3.09. The first-order chi connectivity index (χ1) is 8.65. The van der Waals surface area contributed by atoms with Gasteiger partial charge in [-0.2, -0.15) is 0 Å². The molecule has 106 valence electrons. The Bertz CT molecular complexity index is 585. The Labute approximate surface area is 111 Å². The second-order valence-electron chi connectivity index (χ2n) is 4.45. The molecule has 7 heteroatoms. The maximum absolute atomic E-state index is 12.9. The maximum Gasteiger partial charge on any atom is 0.307 e. The van der Waals surface area contributed by atoms with E-state index in [1.807, 2.05) is 0 Å². The number of nitrogens with one attached hydrogen (secondary N) is 1. The van der Waals surface area contributed by atoms with Gasteiger partial charge in [0.2, 0.25) is 10.0 Å². The highest BCUT2D eigenvalue weighted by atomic mass is 32.2. The molecule has 19 heavy (non-hydrogen) atoms. The average molecular weight is 289 g/mol. The number of rotatable bonds is 5. The maximum atomic E-state index is 12.9. The number of sulfonamides is 1. The topological polar surface area (TPSA) is 83.5 Å². The van der Waals surface area contributed by atoms with Gasteiger partial charge in [0.05, 0.1) is 10.8 Å². The largest absolute Gasteiger partial charge is 0.481 e. The molecule has 0 fully saturated rings. The molecule has 2 atom stereocenters. The van der Waals surface area contributed by atoms with Crippen LogP contribution < -0.4 is 4.72 Å². The average Bonchev–Trinajstić information content (AvgIpc) is 2.26. The number of hydrogen-bond donors (Lipinski definition) is 2. The summed E-state index contributed by atoms with van der Waals surface area (Å²) in [6.07, 6.45) is 0. The van der Waals surface area contributed by atoms with Crippen LogP contribution in [0.3, 0.4) is 0 Å². The van der Waals surface area contributed by atoms with E-state index in [0.717, 1.165) is 18.2 Å². The van der Waals surface area contributed by atoms with Gasteiger partial charge in [0.25, 0.3) is 0 Å². The van der Waals surface area contributed by atoms with Gasteiger partial charge in [0.1, 0.15) is 5.82 Å². The molecule has 0 spiro atoms. The monoisotopic (exact) mass is 289 g/mol. The second-order valence-corrected chi connectivity index (χ2v) is 6.13. The van der Waals surface area contributed by atoms with Gasteiger partial charge in [0.15, 0.2) is 0 Å². The van der Waals surface area contributed by atoms with Crippen LogP contribution in [0.4, 0.5) is 4.39 Å². The normalized spacial score (nSPS) is 14.9. The molecule has 2 unspecified atom stereocenters. The molecule has 0 bridgehead atoms. The third-order valence-electron chi connectivity index (χ3n) is 2.91. The molecule has 0 saturated heterocycles. The van der Waals surface area contributed by atoms with Crippen LogP contribution in [0, 0.1) is 18.7 Å². The predicted octanol–water partition coefficient (Wildman–Crippen LogP) is 1.52. The van der Waals surface area contributed by atoms with E-state index in [-0.39, 0.29) is 10.5 Å². The Balaban J connectivity index is 3.02. The third-order valence-corrected chi connectivity index (χ3v) is 4.63. The van der Waals surface area contributed by atoms with Crippen LogP contribution in [-0.2, 0) is 14.8 Å². The van der Waals surface area contributed by atoms with Gasteiger partial charge in [-0.25, -0.2) is 17.5 Å². The molecule has 0 saturated carbocycles. The fourth-order valence-electron chi connectivity index (χ4n) is 1.54. The van der Waals surface area contributed by atoms with Gasteiger partial charge in [-0.3, -0.25) is 4.79 Å². The van der Waals surface area contributed by atoms with Gasteiger partial charge in [-0.1, -0.05) is 6.92 Å². The lowest BCUT2D eigenvalue weighted by atomic mass is 10.1. The zero-order chi connectivity index (χ0) is 14.8. The van der Waals surface area contributed by atoms with E-state index in [2.05, 4.69) is 4.72 Å². The molecule has 0 radical (unpaired) electrons. The molecule has 5 nitrogen and oxygen atoms in total. The summed E-state index contributed by atoms with van der Waals surface area (Å²) < 4.78 is 39.4. The number of hydrogen-bond acceptors (Lipinski definition) is 3. The molecule has 0 aliphatic heterocycles. The minimum atomic E-state index is -3.87. The molecular weight excluding hydrogens is 273 g/mol. The number of aryl methyl sites for hydroxylation is 1. The highest BCUT2D eigenvalue weighted by molar-refractivity contribution is 7.89. The summed E-state index contributed by atoms with van der Waals surface area (Å²) >= 11 is 0. The van der Waals surface area contributed by atoms with Crippen molar-refractivity contribution in [3.63, 3.8) is 0 Å². The number of carbonyl (C=O) groups is 1. The predicted molar refractivity (Wildman–Crippen MR) is 67.7 cm³/mol. The van der Waals surface area contributed by atoms with E-state index < -0.39 is 33.8 Å². The Morgan fingerprint density at radius 3 is 2.42 bits per heavy atom. The van der Waals surface area contributed by atoms with E-state index in [0.29, 0.717) is 0 Å². The summed E-state index contributed by atoms with van der Waals surface area (Å²) in [5.74, 6) is -2.48. The van der Waals surface area contributed by atoms with Gasteiger partial charge in [-0.05, 0) is 37.6 Å². The first kappa shape index (κ1) is 15.6. The van der Waals surface area contributed by atoms with Crippen molar-refractivity contribution in [3.05, 3.63) is 29.6 Å². The summed E-state index contributed by atoms with van der Waals surface area (Å²) in [6.45, 7) is 4.35. The minimum Gasteiger partial charge on any atom is -0.481 e. The van der Waals surface area contributed by atoms with Crippen LogP contribution in [0.5, 0.6) is 0 Å². The van der Waals surface area contributed by atoms with E-state index in [1.165, 1.54) is 20.8 Å². The van der Waals surface area contributed by atoms with Gasteiger partial charge < -0.3 is 5.11 Å². The zero-order valence-electron chi connectivity index (χ0n) is 10.8. The molecule has 0 amide bonds. The van der Waals surface area contributed by atoms with Gasteiger partial charge in [0, 0.05) is 6.04 Å². The lowest BCUT2D eigenvalue weighted by Crippen LogP contribution is -2.40. The highest BCUT2D eigenvalue weighted by Crippen LogP contribution is 2.17. The van der Waals surface area contributed by atoms with Crippen LogP contribution in [0.15, 0.2) is 23.1 Å². The minimum absolute atomic E-state index is 0.0571. The van der Waals surface area contributed by atoms with Crippen molar-refractivity contribution in [1.29, 1.82) is 0 Å². The molecule has 0 aliphatic carbocycles. The van der Waals surface area contributed by atoms with E-state index in [1.54, 1.807) is 0 Å². The zero-order valence-corrected chi connectivity index (χ0v) is 11.7. The van der Waals surface area contributed by atoms with Gasteiger partial charge >= 0.3 is 5.97 Å². The Morgan fingerprint density at radius 2 is 1.95 bits per heavy atom. The van der Waals surface area contributed by atoms with Crippen molar-refractivity contribution >= 4 is 16.0 Å². The van der Waals surface area contributed by atoms with Crippen LogP contribution in [0.25, 0.3) is 0 Å². The van der Waals surface area contributed by atoms with Crippen LogP contribution in [-0.4, -0.2) is 25.5 Å². The van der Waals surface area contributed by atoms with E-state index in [4.69, 9.17) is 5.11 Å². The fraction of sp³-hybridized carbons (Fsp3) is 0.417. The van der Waals surface area contributed by atoms with Crippen molar-refractivity contribution in [2.45, 2.75) is 31.7 Å². The summed E-state index contributed by atoms with van der Waals surface area (Å²) in [6, 6.07) is 2.55. The van der Waals surface area contributed by atoms with Crippen molar-refractivity contribution in [3.8, 4) is 0 Å². The van der Waals surface area contributed by atoms with E-state index >= 15 is 0 Å². The van der Waals surface area contributed by atoms with Crippen molar-refractivity contribution in [2.75, 3.05) is 0 Å².